The third-order valence-corrected chi connectivity index (χ3v) is 7.52. The van der Waals surface area contributed by atoms with E-state index >= 15 is 0 Å². The standard InChI is InChI=1S/C28H36N6O2/c1-19-25-20(2)34(23-11-13-24(36-3)14-12-23)32-26(25)27(31-30-19)33-17-7-10-22(18-33)28(35)29-16-15-21-8-5-4-6-9-21/h8,11-14,22H,4-7,9-10,15-18H2,1-3H3,(H,29,35)/t22-/m0/s1. The number of hydrogen-bond donors (Lipinski definition) is 1. The molecule has 1 atom stereocenters. The molecular formula is C28H36N6O2. The number of piperidine rings is 1. The van der Waals surface area contributed by atoms with Gasteiger partial charge in [0.05, 0.1) is 35.5 Å². The highest BCUT2D eigenvalue weighted by Gasteiger charge is 2.29. The first-order valence-electron chi connectivity index (χ1n) is 13.1. The molecule has 5 rings (SSSR count). The quantitative estimate of drug-likeness (QED) is 0.487. The first-order chi connectivity index (χ1) is 17.5. The molecule has 1 amide bonds. The summed E-state index contributed by atoms with van der Waals surface area (Å²) in [5, 5.41) is 18.2. The predicted molar refractivity (Wildman–Crippen MR) is 142 cm³/mol. The molecule has 1 aliphatic heterocycles. The van der Waals surface area contributed by atoms with Crippen LogP contribution < -0.4 is 15.0 Å². The Kier molecular flexibility index (Phi) is 7.20. The second-order valence-corrected chi connectivity index (χ2v) is 9.96. The maximum Gasteiger partial charge on any atom is 0.224 e. The smallest absolute Gasteiger partial charge is 0.224 e. The lowest BCUT2D eigenvalue weighted by molar-refractivity contribution is -0.125. The van der Waals surface area contributed by atoms with Gasteiger partial charge in [-0.3, -0.25) is 4.79 Å². The van der Waals surface area contributed by atoms with E-state index in [4.69, 9.17) is 9.84 Å². The van der Waals surface area contributed by atoms with Crippen LogP contribution in [0.5, 0.6) is 5.75 Å². The van der Waals surface area contributed by atoms with E-state index in [2.05, 4.69) is 33.4 Å². The van der Waals surface area contributed by atoms with Crippen LogP contribution in [-0.2, 0) is 4.79 Å². The predicted octanol–water partition coefficient (Wildman–Crippen LogP) is 4.66. The number of carbonyl (C=O) groups is 1. The highest BCUT2D eigenvalue weighted by atomic mass is 16.5. The first kappa shape index (κ1) is 24.3. The number of aryl methyl sites for hydroxylation is 2. The van der Waals surface area contributed by atoms with Crippen molar-refractivity contribution in [2.24, 2.45) is 5.92 Å². The molecule has 3 heterocycles. The molecule has 2 aromatic heterocycles. The van der Waals surface area contributed by atoms with Gasteiger partial charge in [0, 0.05) is 19.6 Å². The van der Waals surface area contributed by atoms with Gasteiger partial charge in [0.1, 0.15) is 11.3 Å². The molecule has 0 saturated carbocycles. The van der Waals surface area contributed by atoms with E-state index in [-0.39, 0.29) is 11.8 Å². The summed E-state index contributed by atoms with van der Waals surface area (Å²) in [6.07, 6.45) is 10.1. The van der Waals surface area contributed by atoms with E-state index < -0.39 is 0 Å². The average molecular weight is 489 g/mol. The number of benzene rings is 1. The second-order valence-electron chi connectivity index (χ2n) is 9.96. The van der Waals surface area contributed by atoms with Crippen LogP contribution in [-0.4, -0.2) is 52.6 Å². The van der Waals surface area contributed by atoms with Crippen molar-refractivity contribution in [1.29, 1.82) is 0 Å². The summed E-state index contributed by atoms with van der Waals surface area (Å²) in [5.74, 6) is 1.66. The van der Waals surface area contributed by atoms with Crippen molar-refractivity contribution in [3.8, 4) is 11.4 Å². The van der Waals surface area contributed by atoms with Crippen molar-refractivity contribution < 1.29 is 9.53 Å². The van der Waals surface area contributed by atoms with Crippen molar-refractivity contribution in [1.82, 2.24) is 25.3 Å². The monoisotopic (exact) mass is 488 g/mol. The number of ether oxygens (including phenoxy) is 1. The van der Waals surface area contributed by atoms with Gasteiger partial charge >= 0.3 is 0 Å². The maximum absolute atomic E-state index is 13.0. The van der Waals surface area contributed by atoms with E-state index in [9.17, 15) is 4.79 Å². The second kappa shape index (κ2) is 10.7. The molecule has 0 spiro atoms. The molecular weight excluding hydrogens is 452 g/mol. The molecule has 1 N–H and O–H groups in total. The number of hydrogen-bond acceptors (Lipinski definition) is 6. The summed E-state index contributed by atoms with van der Waals surface area (Å²) in [6, 6.07) is 7.87. The van der Waals surface area contributed by atoms with Crippen molar-refractivity contribution >= 4 is 22.6 Å². The van der Waals surface area contributed by atoms with E-state index in [1.165, 1.54) is 31.3 Å². The lowest BCUT2D eigenvalue weighted by atomic mass is 9.96. The Balaban J connectivity index is 1.34. The molecule has 1 saturated heterocycles. The van der Waals surface area contributed by atoms with Crippen LogP contribution in [0, 0.1) is 19.8 Å². The Hall–Kier alpha value is -3.42. The number of amides is 1. The number of methoxy groups -OCH3 is 1. The van der Waals surface area contributed by atoms with Crippen molar-refractivity contribution in [3.05, 3.63) is 47.3 Å². The van der Waals surface area contributed by atoms with Gasteiger partial charge in [-0.25, -0.2) is 4.68 Å². The summed E-state index contributed by atoms with van der Waals surface area (Å²) in [6.45, 7) is 6.24. The number of carbonyl (C=O) groups excluding carboxylic acids is 1. The van der Waals surface area contributed by atoms with E-state index in [1.807, 2.05) is 35.9 Å². The van der Waals surface area contributed by atoms with Gasteiger partial charge < -0.3 is 15.0 Å². The van der Waals surface area contributed by atoms with E-state index in [1.54, 1.807) is 7.11 Å². The number of nitrogens with one attached hydrogen (secondary N) is 1. The number of rotatable bonds is 7. The van der Waals surface area contributed by atoms with Crippen LogP contribution in [0.1, 0.15) is 56.3 Å². The van der Waals surface area contributed by atoms with Gasteiger partial charge in [-0.1, -0.05) is 11.6 Å². The third kappa shape index (κ3) is 4.94. The summed E-state index contributed by atoms with van der Waals surface area (Å²) < 4.78 is 7.25. The summed E-state index contributed by atoms with van der Waals surface area (Å²) in [4.78, 5) is 15.2. The highest BCUT2D eigenvalue weighted by Crippen LogP contribution is 2.32. The average Bonchev–Trinajstić information content (AvgIpc) is 3.27. The zero-order valence-corrected chi connectivity index (χ0v) is 21.6. The molecule has 0 bridgehead atoms. The molecule has 0 unspecified atom stereocenters. The lowest BCUT2D eigenvalue weighted by Gasteiger charge is -2.32. The molecule has 2 aliphatic rings. The molecule has 36 heavy (non-hydrogen) atoms. The van der Waals surface area contributed by atoms with Crippen LogP contribution in [0.15, 0.2) is 35.9 Å². The van der Waals surface area contributed by atoms with Crippen molar-refractivity contribution in [2.75, 3.05) is 31.6 Å². The van der Waals surface area contributed by atoms with Crippen LogP contribution in [0.3, 0.4) is 0 Å². The summed E-state index contributed by atoms with van der Waals surface area (Å²) in [7, 11) is 1.66. The molecule has 1 fully saturated rings. The molecule has 1 aromatic carbocycles. The molecule has 3 aromatic rings. The topological polar surface area (TPSA) is 85.2 Å². The number of anilines is 1. The normalized spacial score (nSPS) is 18.2. The number of allylic oxidation sites excluding steroid dienone is 1. The SMILES string of the molecule is COc1ccc(-n2nc3c(N4CCC[C@H](C(=O)NCCC5=CCCCC5)C4)nnc(C)c3c2C)cc1. The summed E-state index contributed by atoms with van der Waals surface area (Å²) >= 11 is 0. The van der Waals surface area contributed by atoms with Gasteiger partial charge in [-0.2, -0.15) is 10.2 Å². The van der Waals surface area contributed by atoms with Gasteiger partial charge in [0.15, 0.2) is 5.82 Å². The minimum absolute atomic E-state index is 0.0537. The fourth-order valence-corrected chi connectivity index (χ4v) is 5.51. The van der Waals surface area contributed by atoms with Gasteiger partial charge in [0.25, 0.3) is 0 Å². The lowest BCUT2D eigenvalue weighted by Crippen LogP contribution is -2.43. The molecule has 1 aliphatic carbocycles. The molecule has 8 nitrogen and oxygen atoms in total. The Morgan fingerprint density at radius 2 is 1.97 bits per heavy atom. The van der Waals surface area contributed by atoms with Crippen LogP contribution in [0.2, 0.25) is 0 Å². The minimum atomic E-state index is -0.0537. The van der Waals surface area contributed by atoms with E-state index in [0.29, 0.717) is 6.54 Å². The molecule has 8 heteroatoms. The Morgan fingerprint density at radius 3 is 2.72 bits per heavy atom. The largest absolute Gasteiger partial charge is 0.497 e. The van der Waals surface area contributed by atoms with Gasteiger partial charge in [0.2, 0.25) is 5.91 Å². The highest BCUT2D eigenvalue weighted by molar-refractivity contribution is 5.92. The fraction of sp³-hybridized carbons (Fsp3) is 0.500. The molecule has 0 radical (unpaired) electrons. The zero-order valence-electron chi connectivity index (χ0n) is 21.6. The van der Waals surface area contributed by atoms with Crippen LogP contribution in [0.4, 0.5) is 5.82 Å². The van der Waals surface area contributed by atoms with Crippen LogP contribution >= 0.6 is 0 Å². The third-order valence-electron chi connectivity index (χ3n) is 7.52. The Bertz CT molecular complexity index is 1260. The maximum atomic E-state index is 13.0. The van der Waals surface area contributed by atoms with Crippen molar-refractivity contribution in [3.63, 3.8) is 0 Å². The van der Waals surface area contributed by atoms with E-state index in [0.717, 1.165) is 71.9 Å². The minimum Gasteiger partial charge on any atom is -0.497 e. The fourth-order valence-electron chi connectivity index (χ4n) is 5.51. The number of aromatic nitrogens is 4. The Morgan fingerprint density at radius 1 is 1.14 bits per heavy atom. The number of nitrogens with zero attached hydrogens (tertiary/aromatic N) is 5. The van der Waals surface area contributed by atoms with Gasteiger partial charge in [-0.15, -0.1) is 5.10 Å². The molecule has 190 valence electrons. The number of fused-ring (bicyclic) bond motifs is 1. The Labute approximate surface area is 212 Å². The van der Waals surface area contributed by atoms with Crippen LogP contribution in [0.25, 0.3) is 16.6 Å². The first-order valence-corrected chi connectivity index (χ1v) is 13.1. The zero-order chi connectivity index (χ0) is 25.1. The van der Waals surface area contributed by atoms with Gasteiger partial charge in [-0.05, 0) is 83.1 Å². The van der Waals surface area contributed by atoms with Crippen molar-refractivity contribution in [2.45, 2.75) is 58.8 Å². The summed E-state index contributed by atoms with van der Waals surface area (Å²) in [5.41, 5.74) is 5.16.